The van der Waals surface area contributed by atoms with Gasteiger partial charge in [-0.1, -0.05) is 39.0 Å². The lowest BCUT2D eigenvalue weighted by Gasteiger charge is -2.16. The van der Waals surface area contributed by atoms with Crippen molar-refractivity contribution in [1.29, 1.82) is 0 Å². The lowest BCUT2D eigenvalue weighted by Crippen LogP contribution is -2.14. The van der Waals surface area contributed by atoms with Gasteiger partial charge in [0.15, 0.2) is 11.6 Å². The van der Waals surface area contributed by atoms with Crippen LogP contribution >= 0.6 is 0 Å². The molecule has 0 amide bonds. The minimum Gasteiger partial charge on any atom is -0.488 e. The zero-order chi connectivity index (χ0) is 17.9. The van der Waals surface area contributed by atoms with Crippen molar-refractivity contribution in [2.24, 2.45) is 0 Å². The first kappa shape index (κ1) is 20.4. The maximum atomic E-state index is 14.0. The molecule has 0 saturated carbocycles. The lowest BCUT2D eigenvalue weighted by molar-refractivity contribution is 0.0519. The highest BCUT2D eigenvalue weighted by molar-refractivity contribution is 5.89. The van der Waals surface area contributed by atoms with Gasteiger partial charge in [0.1, 0.15) is 0 Å². The Bertz CT molecular complexity index is 518. The topological polar surface area (TPSA) is 35.5 Å². The summed E-state index contributed by atoms with van der Waals surface area (Å²) >= 11 is 0. The second kappa shape index (κ2) is 11.0. The molecule has 136 valence electrons. The summed E-state index contributed by atoms with van der Waals surface area (Å²) in [4.78, 5) is 11.5. The molecule has 0 heterocycles. The summed E-state index contributed by atoms with van der Waals surface area (Å²) in [6.45, 7) is 5.72. The van der Waals surface area contributed by atoms with Crippen molar-refractivity contribution in [3.63, 3.8) is 0 Å². The van der Waals surface area contributed by atoms with Crippen LogP contribution in [0.5, 0.6) is 5.75 Å². The van der Waals surface area contributed by atoms with Crippen LogP contribution in [0.25, 0.3) is 0 Å². The van der Waals surface area contributed by atoms with Crippen LogP contribution in [-0.4, -0.2) is 18.7 Å². The quantitative estimate of drug-likeness (QED) is 0.384. The van der Waals surface area contributed by atoms with Gasteiger partial charge in [0.2, 0.25) is 5.82 Å². The Morgan fingerprint density at radius 2 is 1.71 bits per heavy atom. The van der Waals surface area contributed by atoms with E-state index in [1.54, 1.807) is 6.92 Å². The highest BCUT2D eigenvalue weighted by Crippen LogP contribution is 2.25. The normalized spacial score (nSPS) is 12.0. The number of hydrogen-bond acceptors (Lipinski definition) is 3. The number of benzene rings is 1. The number of ether oxygens (including phenoxy) is 2. The predicted molar refractivity (Wildman–Crippen MR) is 90.4 cm³/mol. The average molecular weight is 342 g/mol. The van der Waals surface area contributed by atoms with Crippen molar-refractivity contribution in [2.75, 3.05) is 6.61 Å². The molecular formula is C19H28F2O3. The van der Waals surface area contributed by atoms with Crippen molar-refractivity contribution < 1.29 is 23.0 Å². The van der Waals surface area contributed by atoms with Gasteiger partial charge in [0, 0.05) is 0 Å². The van der Waals surface area contributed by atoms with Gasteiger partial charge in [-0.3, -0.25) is 0 Å². The molecule has 5 heteroatoms. The van der Waals surface area contributed by atoms with E-state index in [2.05, 4.69) is 6.92 Å². The average Bonchev–Trinajstić information content (AvgIpc) is 2.55. The predicted octanol–water partition coefficient (Wildman–Crippen LogP) is 5.66. The second-order valence-corrected chi connectivity index (χ2v) is 5.94. The van der Waals surface area contributed by atoms with E-state index >= 15 is 0 Å². The van der Waals surface area contributed by atoms with Crippen molar-refractivity contribution in [1.82, 2.24) is 0 Å². The summed E-state index contributed by atoms with van der Waals surface area (Å²) in [6, 6.07) is 2.48. The molecular weight excluding hydrogens is 314 g/mol. The zero-order valence-corrected chi connectivity index (χ0v) is 14.9. The molecule has 0 aliphatic heterocycles. The maximum Gasteiger partial charge on any atom is 0.341 e. The Kier molecular flexibility index (Phi) is 9.35. The van der Waals surface area contributed by atoms with Gasteiger partial charge >= 0.3 is 5.97 Å². The standard InChI is InChI=1S/C19H28F2O3/c1-4-6-7-8-9-10-11-14(3)24-16-13-12-15(17(20)18(16)21)19(22)23-5-2/h12-14H,4-11H2,1-3H3/t14-/m0/s1. The Labute approximate surface area is 143 Å². The molecule has 0 spiro atoms. The van der Waals surface area contributed by atoms with Crippen molar-refractivity contribution in [3.8, 4) is 5.75 Å². The van der Waals surface area contributed by atoms with E-state index in [-0.39, 0.29) is 18.5 Å². The molecule has 0 unspecified atom stereocenters. The van der Waals surface area contributed by atoms with Gasteiger partial charge in [-0.15, -0.1) is 0 Å². The number of esters is 1. The Morgan fingerprint density at radius 3 is 2.38 bits per heavy atom. The second-order valence-electron chi connectivity index (χ2n) is 5.94. The van der Waals surface area contributed by atoms with E-state index in [0.29, 0.717) is 0 Å². The van der Waals surface area contributed by atoms with Crippen molar-refractivity contribution in [2.45, 2.75) is 71.8 Å². The monoisotopic (exact) mass is 342 g/mol. The van der Waals surface area contributed by atoms with Crippen molar-refractivity contribution in [3.05, 3.63) is 29.3 Å². The molecule has 0 fully saturated rings. The van der Waals surface area contributed by atoms with Crippen LogP contribution in [0.1, 0.15) is 76.1 Å². The van der Waals surface area contributed by atoms with Crippen molar-refractivity contribution >= 4 is 5.97 Å². The molecule has 0 N–H and O–H groups in total. The third-order valence-corrected chi connectivity index (χ3v) is 3.83. The van der Waals surface area contributed by atoms with E-state index in [4.69, 9.17) is 9.47 Å². The molecule has 1 rings (SSSR count). The van der Waals surface area contributed by atoms with Gasteiger partial charge in [-0.05, 0) is 38.8 Å². The van der Waals surface area contributed by atoms with E-state index in [9.17, 15) is 13.6 Å². The minimum atomic E-state index is -1.22. The third-order valence-electron chi connectivity index (χ3n) is 3.83. The molecule has 0 bridgehead atoms. The maximum absolute atomic E-state index is 14.0. The zero-order valence-electron chi connectivity index (χ0n) is 14.9. The molecule has 1 aromatic carbocycles. The van der Waals surface area contributed by atoms with E-state index in [1.165, 1.54) is 37.8 Å². The minimum absolute atomic E-state index is 0.105. The Morgan fingerprint density at radius 1 is 1.04 bits per heavy atom. The molecule has 0 aromatic heterocycles. The molecule has 3 nitrogen and oxygen atoms in total. The van der Waals surface area contributed by atoms with Crippen LogP contribution in [0, 0.1) is 11.6 Å². The molecule has 0 aliphatic carbocycles. The highest BCUT2D eigenvalue weighted by Gasteiger charge is 2.21. The smallest absolute Gasteiger partial charge is 0.341 e. The Hall–Kier alpha value is -1.65. The lowest BCUT2D eigenvalue weighted by atomic mass is 10.1. The number of hydrogen-bond donors (Lipinski definition) is 0. The Balaban J connectivity index is 2.52. The first-order chi connectivity index (χ1) is 11.5. The van der Waals surface area contributed by atoms with Crippen LogP contribution in [-0.2, 0) is 4.74 Å². The van der Waals surface area contributed by atoms with E-state index < -0.39 is 23.2 Å². The van der Waals surface area contributed by atoms with Crippen LogP contribution in [0.2, 0.25) is 0 Å². The first-order valence-corrected chi connectivity index (χ1v) is 8.83. The number of carbonyl (C=O) groups excluding carboxylic acids is 1. The summed E-state index contributed by atoms with van der Waals surface area (Å²) in [7, 11) is 0. The molecule has 0 aliphatic rings. The van der Waals surface area contributed by atoms with E-state index in [0.717, 1.165) is 19.3 Å². The summed E-state index contributed by atoms with van der Waals surface area (Å²) < 4.78 is 38.2. The molecule has 0 saturated heterocycles. The fourth-order valence-corrected chi connectivity index (χ4v) is 2.48. The highest BCUT2D eigenvalue weighted by atomic mass is 19.2. The van der Waals surface area contributed by atoms with Crippen LogP contribution < -0.4 is 4.74 Å². The summed E-state index contributed by atoms with van der Waals surface area (Å²) in [6.07, 6.45) is 7.59. The van der Waals surface area contributed by atoms with Gasteiger partial charge < -0.3 is 9.47 Å². The number of unbranched alkanes of at least 4 members (excludes halogenated alkanes) is 5. The van der Waals surface area contributed by atoms with E-state index in [1.807, 2.05) is 6.92 Å². The van der Waals surface area contributed by atoms with Crippen LogP contribution in [0.4, 0.5) is 8.78 Å². The molecule has 0 radical (unpaired) electrons. The van der Waals surface area contributed by atoms with Crippen LogP contribution in [0.15, 0.2) is 12.1 Å². The van der Waals surface area contributed by atoms with Gasteiger partial charge in [0.25, 0.3) is 0 Å². The fraction of sp³-hybridized carbons (Fsp3) is 0.632. The molecule has 1 atom stereocenters. The first-order valence-electron chi connectivity index (χ1n) is 8.83. The fourth-order valence-electron chi connectivity index (χ4n) is 2.48. The van der Waals surface area contributed by atoms with Gasteiger partial charge in [-0.2, -0.15) is 4.39 Å². The molecule has 24 heavy (non-hydrogen) atoms. The van der Waals surface area contributed by atoms with Gasteiger partial charge in [-0.25, -0.2) is 9.18 Å². The molecule has 1 aromatic rings. The number of rotatable bonds is 11. The SMILES string of the molecule is CCCCCCCC[C@H](C)Oc1ccc(C(=O)OCC)c(F)c1F. The number of carbonyl (C=O) groups is 1. The summed E-state index contributed by atoms with van der Waals surface area (Å²) in [5.41, 5.74) is -0.412. The number of halogens is 2. The van der Waals surface area contributed by atoms with Gasteiger partial charge in [0.05, 0.1) is 18.3 Å². The summed E-state index contributed by atoms with van der Waals surface area (Å²) in [5.74, 6) is -3.41. The largest absolute Gasteiger partial charge is 0.488 e. The van der Waals surface area contributed by atoms with Crippen LogP contribution in [0.3, 0.4) is 0 Å². The third kappa shape index (κ3) is 6.46. The summed E-state index contributed by atoms with van der Waals surface area (Å²) in [5, 5.41) is 0.